The van der Waals surface area contributed by atoms with Crippen LogP contribution >= 0.6 is 0 Å². The lowest BCUT2D eigenvalue weighted by Gasteiger charge is -2.28. The SMILES string of the molecule is CC1(C(=O)O)CC(=O)c2c([nH]c(-c3ccnc(N)c3)c2Cc2ccccc2)C1. The predicted octanol–water partition coefficient (Wildman–Crippen LogP) is 3.47. The number of benzene rings is 1. The molecule has 0 fully saturated rings. The highest BCUT2D eigenvalue weighted by molar-refractivity contribution is 6.04. The Morgan fingerprint density at radius 1 is 1.25 bits per heavy atom. The normalized spacial score (nSPS) is 18.7. The van der Waals surface area contributed by atoms with E-state index in [1.54, 1.807) is 19.2 Å². The largest absolute Gasteiger partial charge is 0.481 e. The number of nitrogens with two attached hydrogens (primary N) is 1. The molecule has 0 saturated heterocycles. The molecule has 3 aromatic rings. The molecule has 0 amide bonds. The van der Waals surface area contributed by atoms with Gasteiger partial charge in [0, 0.05) is 42.3 Å². The third-order valence-electron chi connectivity index (χ3n) is 5.39. The minimum atomic E-state index is -1.10. The van der Waals surface area contributed by atoms with Crippen LogP contribution in [0, 0.1) is 5.41 Å². The number of carbonyl (C=O) groups excluding carboxylic acids is 1. The Labute approximate surface area is 162 Å². The number of carboxylic acid groups (broad SMARTS) is 1. The average molecular weight is 375 g/mol. The second-order valence-electron chi connectivity index (χ2n) is 7.61. The summed E-state index contributed by atoms with van der Waals surface area (Å²) in [7, 11) is 0. The van der Waals surface area contributed by atoms with Gasteiger partial charge in [-0.1, -0.05) is 30.3 Å². The van der Waals surface area contributed by atoms with E-state index in [9.17, 15) is 14.7 Å². The number of aromatic amines is 1. The van der Waals surface area contributed by atoms with Gasteiger partial charge in [0.1, 0.15) is 5.82 Å². The van der Waals surface area contributed by atoms with Gasteiger partial charge in [-0.15, -0.1) is 0 Å². The molecule has 4 rings (SSSR count). The van der Waals surface area contributed by atoms with E-state index >= 15 is 0 Å². The van der Waals surface area contributed by atoms with Crippen molar-refractivity contribution in [3.63, 3.8) is 0 Å². The molecule has 28 heavy (non-hydrogen) atoms. The van der Waals surface area contributed by atoms with E-state index in [1.807, 2.05) is 36.4 Å². The average Bonchev–Trinajstić information content (AvgIpc) is 3.00. The number of rotatable bonds is 4. The van der Waals surface area contributed by atoms with Crippen LogP contribution in [0.15, 0.2) is 48.7 Å². The molecule has 6 nitrogen and oxygen atoms in total. The number of fused-ring (bicyclic) bond motifs is 1. The molecule has 1 aromatic carbocycles. The van der Waals surface area contributed by atoms with Crippen LogP contribution in [-0.2, 0) is 17.6 Å². The van der Waals surface area contributed by atoms with Crippen molar-refractivity contribution >= 4 is 17.6 Å². The number of H-pyrrole nitrogens is 1. The number of pyridine rings is 1. The van der Waals surface area contributed by atoms with Gasteiger partial charge in [0.25, 0.3) is 0 Å². The molecular formula is C22H21N3O3. The van der Waals surface area contributed by atoms with Gasteiger partial charge in [-0.05, 0) is 30.2 Å². The lowest BCUT2D eigenvalue weighted by molar-refractivity contribution is -0.148. The quantitative estimate of drug-likeness (QED) is 0.647. The fraction of sp³-hybridized carbons (Fsp3) is 0.227. The molecular weight excluding hydrogens is 354 g/mol. The predicted molar refractivity (Wildman–Crippen MR) is 106 cm³/mol. The number of hydrogen-bond donors (Lipinski definition) is 3. The lowest BCUT2D eigenvalue weighted by Crippen LogP contribution is -2.36. The summed E-state index contributed by atoms with van der Waals surface area (Å²) in [5, 5.41) is 9.61. The molecule has 1 unspecified atom stereocenters. The zero-order chi connectivity index (χ0) is 19.9. The van der Waals surface area contributed by atoms with Gasteiger partial charge in [-0.25, -0.2) is 4.98 Å². The topological polar surface area (TPSA) is 109 Å². The molecule has 1 aliphatic carbocycles. The van der Waals surface area contributed by atoms with Crippen LogP contribution in [0.2, 0.25) is 0 Å². The molecule has 0 radical (unpaired) electrons. The maximum atomic E-state index is 13.0. The van der Waals surface area contributed by atoms with Crippen molar-refractivity contribution in [2.24, 2.45) is 5.41 Å². The van der Waals surface area contributed by atoms with E-state index in [2.05, 4.69) is 9.97 Å². The van der Waals surface area contributed by atoms with E-state index in [-0.39, 0.29) is 18.6 Å². The Hall–Kier alpha value is -3.41. The van der Waals surface area contributed by atoms with Crippen molar-refractivity contribution in [1.82, 2.24) is 9.97 Å². The lowest BCUT2D eigenvalue weighted by atomic mass is 9.73. The zero-order valence-electron chi connectivity index (χ0n) is 15.5. The number of nitrogen functional groups attached to an aromatic ring is 1. The van der Waals surface area contributed by atoms with Gasteiger partial charge >= 0.3 is 5.97 Å². The number of Topliss-reactive ketones (excluding diaryl/α,β-unsaturated/α-hetero) is 1. The molecule has 2 aromatic heterocycles. The summed E-state index contributed by atoms with van der Waals surface area (Å²) in [6, 6.07) is 13.5. The van der Waals surface area contributed by atoms with Crippen LogP contribution in [0.5, 0.6) is 0 Å². The van der Waals surface area contributed by atoms with Crippen molar-refractivity contribution in [3.05, 3.63) is 71.0 Å². The summed E-state index contributed by atoms with van der Waals surface area (Å²) in [5.41, 5.74) is 9.64. The maximum Gasteiger partial charge on any atom is 0.310 e. The van der Waals surface area contributed by atoms with E-state index in [0.717, 1.165) is 22.4 Å². The second kappa shape index (κ2) is 6.64. The fourth-order valence-corrected chi connectivity index (χ4v) is 3.94. The number of nitrogens with zero attached hydrogens (tertiary/aromatic N) is 1. The molecule has 6 heteroatoms. The van der Waals surface area contributed by atoms with Crippen molar-refractivity contribution in [3.8, 4) is 11.3 Å². The second-order valence-corrected chi connectivity index (χ2v) is 7.61. The van der Waals surface area contributed by atoms with Crippen LogP contribution < -0.4 is 5.73 Å². The van der Waals surface area contributed by atoms with Crippen molar-refractivity contribution < 1.29 is 14.7 Å². The third kappa shape index (κ3) is 3.07. The standard InChI is InChI=1S/C22H21N3O3/c1-22(21(27)28)11-16-19(17(26)12-22)15(9-13-5-3-2-4-6-13)20(25-16)14-7-8-24-18(23)10-14/h2-8,10,25H,9,11-12H2,1H3,(H2,23,24)(H,27,28). The van der Waals surface area contributed by atoms with Crippen LogP contribution in [0.4, 0.5) is 5.82 Å². The summed E-state index contributed by atoms with van der Waals surface area (Å²) >= 11 is 0. The minimum absolute atomic E-state index is 0.00704. The fourth-order valence-electron chi connectivity index (χ4n) is 3.94. The van der Waals surface area contributed by atoms with Gasteiger partial charge < -0.3 is 15.8 Å². The summed E-state index contributed by atoms with van der Waals surface area (Å²) in [6.07, 6.45) is 2.47. The first-order valence-electron chi connectivity index (χ1n) is 9.13. The monoisotopic (exact) mass is 375 g/mol. The van der Waals surface area contributed by atoms with E-state index < -0.39 is 11.4 Å². The molecule has 4 N–H and O–H groups in total. The molecule has 2 heterocycles. The van der Waals surface area contributed by atoms with Gasteiger partial charge in [0.05, 0.1) is 11.1 Å². The van der Waals surface area contributed by atoms with E-state index in [1.165, 1.54) is 0 Å². The highest BCUT2D eigenvalue weighted by Gasteiger charge is 2.43. The Bertz CT molecular complexity index is 1070. The van der Waals surface area contributed by atoms with Crippen molar-refractivity contribution in [1.29, 1.82) is 0 Å². The summed E-state index contributed by atoms with van der Waals surface area (Å²) < 4.78 is 0. The molecule has 142 valence electrons. The Morgan fingerprint density at radius 3 is 2.68 bits per heavy atom. The van der Waals surface area contributed by atoms with Crippen molar-refractivity contribution in [2.45, 2.75) is 26.2 Å². The van der Waals surface area contributed by atoms with Gasteiger partial charge in [0.2, 0.25) is 0 Å². The van der Waals surface area contributed by atoms with Gasteiger partial charge in [-0.2, -0.15) is 0 Å². The summed E-state index contributed by atoms with van der Waals surface area (Å²) in [6.45, 7) is 1.62. The van der Waals surface area contributed by atoms with Crippen LogP contribution in [0.25, 0.3) is 11.3 Å². The highest BCUT2D eigenvalue weighted by atomic mass is 16.4. The molecule has 1 atom stereocenters. The first-order valence-corrected chi connectivity index (χ1v) is 9.13. The van der Waals surface area contributed by atoms with Crippen molar-refractivity contribution in [2.75, 3.05) is 5.73 Å². The minimum Gasteiger partial charge on any atom is -0.481 e. The number of nitrogens with one attached hydrogen (secondary N) is 1. The first kappa shape index (κ1) is 18.0. The molecule has 0 bridgehead atoms. The molecule has 1 aliphatic rings. The number of carbonyl (C=O) groups is 2. The third-order valence-corrected chi connectivity index (χ3v) is 5.39. The highest BCUT2D eigenvalue weighted by Crippen LogP contribution is 2.40. The summed E-state index contributed by atoms with van der Waals surface area (Å²) in [4.78, 5) is 32.1. The van der Waals surface area contributed by atoms with Crippen LogP contribution in [0.1, 0.15) is 40.5 Å². The molecule has 0 saturated carbocycles. The zero-order valence-corrected chi connectivity index (χ0v) is 15.5. The first-order chi connectivity index (χ1) is 13.4. The van der Waals surface area contributed by atoms with E-state index in [4.69, 9.17) is 5.73 Å². The Kier molecular flexibility index (Phi) is 4.26. The Balaban J connectivity index is 1.89. The number of carboxylic acids is 1. The molecule has 0 spiro atoms. The van der Waals surface area contributed by atoms with Gasteiger partial charge in [0.15, 0.2) is 5.78 Å². The van der Waals surface area contributed by atoms with Crippen LogP contribution in [0.3, 0.4) is 0 Å². The number of hydrogen-bond acceptors (Lipinski definition) is 4. The smallest absolute Gasteiger partial charge is 0.310 e. The van der Waals surface area contributed by atoms with E-state index in [0.29, 0.717) is 23.5 Å². The Morgan fingerprint density at radius 2 is 2.00 bits per heavy atom. The summed E-state index contributed by atoms with van der Waals surface area (Å²) in [5.74, 6) is -0.709. The van der Waals surface area contributed by atoms with Crippen LogP contribution in [-0.4, -0.2) is 26.8 Å². The molecule has 0 aliphatic heterocycles. The maximum absolute atomic E-state index is 13.0. The number of ketones is 1. The van der Waals surface area contributed by atoms with Gasteiger partial charge in [-0.3, -0.25) is 9.59 Å². The number of anilines is 1. The number of aliphatic carboxylic acids is 1. The number of aromatic nitrogens is 2.